The summed E-state index contributed by atoms with van der Waals surface area (Å²) in [6.45, 7) is 9.39. The van der Waals surface area contributed by atoms with Crippen LogP contribution in [0.15, 0.2) is 35.3 Å². The first-order valence-electron chi connectivity index (χ1n) is 38.2. The Balaban J connectivity index is 3.48. The highest BCUT2D eigenvalue weighted by atomic mass is 32.1. The third kappa shape index (κ3) is 42.0. The molecule has 0 heterocycles. The molecule has 1 aromatic carbocycles. The Hall–Kier alpha value is -10.4. The number of hydrogen-bond acceptors (Lipinski definition) is 24. The number of hydrogen-bond donors (Lipinski definition) is 25. The number of unbranched alkanes of at least 4 members (excludes halogenated alkanes) is 2. The number of nitrogens with one attached hydrogen (secondary N) is 15. The third-order valence-corrected chi connectivity index (χ3v) is 17.8. The van der Waals surface area contributed by atoms with Crippen LogP contribution in [-0.4, -0.2) is 264 Å². The van der Waals surface area contributed by atoms with Crippen LogP contribution < -0.4 is 108 Å². The van der Waals surface area contributed by atoms with E-state index in [0.29, 0.717) is 24.8 Å². The largest absolute Gasteiger partial charge is 0.481 e. The van der Waals surface area contributed by atoms with Crippen LogP contribution in [0.5, 0.6) is 0 Å². The van der Waals surface area contributed by atoms with E-state index in [1.165, 1.54) is 0 Å². The minimum Gasteiger partial charge on any atom is -0.481 e. The predicted molar refractivity (Wildman–Crippen MR) is 423 cm³/mol. The minimum atomic E-state index is -1.94. The summed E-state index contributed by atoms with van der Waals surface area (Å²) in [4.78, 5) is 233. The summed E-state index contributed by atoms with van der Waals surface area (Å²) in [5, 5.41) is 75.4. The molecule has 1 rings (SSSR count). The fourth-order valence-corrected chi connectivity index (χ4v) is 11.4. The number of carbonyl (C=O) groups is 17. The summed E-state index contributed by atoms with van der Waals surface area (Å²) in [7, 11) is 0. The van der Waals surface area contributed by atoms with E-state index >= 15 is 0 Å². The number of aliphatic hydroxyl groups is 2. The lowest BCUT2D eigenvalue weighted by Gasteiger charge is -2.29. The Labute approximate surface area is 673 Å². The lowest BCUT2D eigenvalue weighted by molar-refractivity contribution is -0.143. The molecule has 42 nitrogen and oxygen atoms in total. The fraction of sp³-hybridized carbons (Fsp3) is 0.667. The Bertz CT molecular complexity index is 3390. The van der Waals surface area contributed by atoms with Gasteiger partial charge in [0.1, 0.15) is 72.5 Å². The first kappa shape index (κ1) is 103. The van der Waals surface area contributed by atoms with Crippen LogP contribution in [0.4, 0.5) is 0 Å². The van der Waals surface area contributed by atoms with Gasteiger partial charge in [0.15, 0.2) is 5.96 Å². The molecule has 0 saturated heterocycles. The molecule has 0 aliphatic carbocycles. The van der Waals surface area contributed by atoms with E-state index in [4.69, 9.17) is 28.7 Å². The molecule has 0 spiro atoms. The fourth-order valence-electron chi connectivity index (χ4n) is 11.1. The molecule has 0 bridgehead atoms. The molecule has 0 saturated carbocycles. The minimum absolute atomic E-state index is 0.00548. The Morgan fingerprint density at radius 2 is 0.765 bits per heavy atom. The van der Waals surface area contributed by atoms with E-state index in [9.17, 15) is 102 Å². The summed E-state index contributed by atoms with van der Waals surface area (Å²) in [5.74, 6) is -19.1. The van der Waals surface area contributed by atoms with Crippen LogP contribution in [0.3, 0.4) is 0 Å². The highest BCUT2D eigenvalue weighted by Gasteiger charge is 2.38. The van der Waals surface area contributed by atoms with Gasteiger partial charge in [0, 0.05) is 18.7 Å². The second kappa shape index (κ2) is 56.0. The lowest BCUT2D eigenvalue weighted by atomic mass is 9.97. The van der Waals surface area contributed by atoms with Gasteiger partial charge in [-0.3, -0.25) is 81.7 Å². The molecular weight excluding hydrogens is 1530 g/mol. The molecule has 0 fully saturated rings. The maximum atomic E-state index is 14.5. The molecule has 0 radical (unpaired) electrons. The van der Waals surface area contributed by atoms with Gasteiger partial charge in [0.05, 0.1) is 45.8 Å². The number of aliphatic carboxylic acids is 2. The highest BCUT2D eigenvalue weighted by Crippen LogP contribution is 2.15. The average Bonchev–Trinajstić information content (AvgIpc) is 0.889. The SMILES string of the molecule is CC[C@H](C)[C@H](NC(=O)[C@H](CCCN=C(N)N)NC(=O)[C@H](CC(=O)O)NC(=O)[C@H](CC(C)C)NC(=O)[C@H](CCCCN)NC(=O)[C@H](CC(C)C)NC(=O)CNC(=O)[C@H](Cc1ccccc1)NC(=O)[C@H](CS)NC(=O)CNC(=O)[C@H](CCCCN)NC(=O)[C@H](CO)NC(=O)[C@H](CC(C)C)NC(=O)CN)C(=O)NCC(=O)N[C@@H](CO)C(=O)O. The van der Waals surface area contributed by atoms with Gasteiger partial charge < -0.3 is 129 Å². The zero-order valence-corrected chi connectivity index (χ0v) is 67.5. The molecule has 0 aliphatic heterocycles. The summed E-state index contributed by atoms with van der Waals surface area (Å²) < 4.78 is 0. The molecule has 29 N–H and O–H groups in total. The number of carboxylic acid groups (broad SMARTS) is 2. The summed E-state index contributed by atoms with van der Waals surface area (Å²) in [6.07, 6.45) is 0.0324. The van der Waals surface area contributed by atoms with Gasteiger partial charge in [-0.05, 0) is 113 Å². The molecule has 1 aromatic rings. The predicted octanol–water partition coefficient (Wildman–Crippen LogP) is -7.68. The number of rotatable bonds is 58. The molecular formula is C72H123N21O21S. The third-order valence-electron chi connectivity index (χ3n) is 17.4. The van der Waals surface area contributed by atoms with Crippen molar-refractivity contribution in [2.75, 3.05) is 64.8 Å². The maximum Gasteiger partial charge on any atom is 0.328 e. The highest BCUT2D eigenvalue weighted by molar-refractivity contribution is 7.80. The van der Waals surface area contributed by atoms with Crippen LogP contribution in [-0.2, 0) is 87.9 Å². The number of carbonyl (C=O) groups excluding carboxylic acids is 15. The van der Waals surface area contributed by atoms with Gasteiger partial charge in [-0.25, -0.2) is 4.79 Å². The van der Waals surface area contributed by atoms with Gasteiger partial charge >= 0.3 is 11.9 Å². The van der Waals surface area contributed by atoms with Crippen molar-refractivity contribution < 1.29 is 102 Å². The van der Waals surface area contributed by atoms with Gasteiger partial charge in [0.25, 0.3) is 0 Å². The smallest absolute Gasteiger partial charge is 0.328 e. The van der Waals surface area contributed by atoms with Gasteiger partial charge in [-0.2, -0.15) is 12.6 Å². The topological polar surface area (TPSA) is 694 Å². The zero-order chi connectivity index (χ0) is 87.0. The van der Waals surface area contributed by atoms with Crippen molar-refractivity contribution in [3.8, 4) is 0 Å². The monoisotopic (exact) mass is 1650 g/mol. The van der Waals surface area contributed by atoms with E-state index in [0.717, 1.165) is 0 Å². The number of nitrogens with two attached hydrogens (primary N) is 5. The maximum absolute atomic E-state index is 14.5. The van der Waals surface area contributed by atoms with Crippen LogP contribution >= 0.6 is 12.6 Å². The number of guanidine groups is 1. The lowest BCUT2D eigenvalue weighted by Crippen LogP contribution is -2.60. The van der Waals surface area contributed by atoms with Crippen molar-refractivity contribution in [2.45, 2.75) is 218 Å². The summed E-state index contributed by atoms with van der Waals surface area (Å²) >= 11 is 4.24. The van der Waals surface area contributed by atoms with Gasteiger partial charge in [-0.1, -0.05) is 92.1 Å². The average molecular weight is 1650 g/mol. The molecule has 15 amide bonds. The van der Waals surface area contributed by atoms with Crippen LogP contribution in [0.2, 0.25) is 0 Å². The number of thiol groups is 1. The molecule has 648 valence electrons. The van der Waals surface area contributed by atoms with Crippen LogP contribution in [0.1, 0.15) is 144 Å². The van der Waals surface area contributed by atoms with Crippen molar-refractivity contribution in [1.82, 2.24) is 79.8 Å². The van der Waals surface area contributed by atoms with Crippen LogP contribution in [0, 0.1) is 23.7 Å². The first-order valence-corrected chi connectivity index (χ1v) is 38.8. The van der Waals surface area contributed by atoms with Crippen LogP contribution in [0.25, 0.3) is 0 Å². The summed E-state index contributed by atoms with van der Waals surface area (Å²) in [6, 6.07) is -9.51. The number of benzene rings is 1. The standard InChI is InChI=1S/C72H123N21O21S/c1-9-41(8)59(70(112)81-34-56(98)84-52(36-95)71(113)114)93-63(105)45(22-17-25-78-72(76)77)88-67(109)50(30-58(100)101)91-66(108)48(28-40(6)7)89-62(104)44(21-14-16-24-74)87-64(106)47(27-39(4)5)83-55(97)32-80-61(103)49(29-42-18-11-10-12-19-42)90-69(111)53(37-115)85-57(99)33-79-60(102)43(20-13-15-23-73)86-68(110)51(35-94)92-65(107)46(26-38(2)3)82-54(96)31-75/h10-12,18-19,38-41,43-53,59,94-95,115H,9,13-17,20-37,73-75H2,1-8H3,(H,79,102)(H,80,103)(H,81,112)(H,82,96)(H,83,97)(H,84,98)(H,85,99)(H,86,110)(H,87,106)(H,88,109)(H,89,104)(H,90,111)(H,91,108)(H,92,107)(H,93,105)(H,100,101)(H,113,114)(H4,76,77,78)/t41-,43-,44-,45-,46-,47-,48-,49-,50-,51-,52-,53-,59-/m0/s1. The number of nitrogens with zero attached hydrogens (tertiary/aromatic N) is 1. The normalized spacial score (nSPS) is 14.5. The van der Waals surface area contributed by atoms with Crippen molar-refractivity contribution in [1.29, 1.82) is 0 Å². The quantitative estimate of drug-likeness (QED) is 0.0125. The van der Waals surface area contributed by atoms with E-state index in [-0.39, 0.29) is 113 Å². The molecule has 0 aliphatic rings. The summed E-state index contributed by atoms with van der Waals surface area (Å²) in [5.41, 5.74) is 28.4. The van der Waals surface area contributed by atoms with Crippen molar-refractivity contribution in [2.24, 2.45) is 57.3 Å². The first-order chi connectivity index (χ1) is 54.3. The van der Waals surface area contributed by atoms with Gasteiger partial charge in [0.2, 0.25) is 88.6 Å². The second-order valence-electron chi connectivity index (χ2n) is 28.7. The Morgan fingerprint density at radius 3 is 1.19 bits per heavy atom. The van der Waals surface area contributed by atoms with E-state index in [1.54, 1.807) is 85.7 Å². The van der Waals surface area contributed by atoms with Crippen molar-refractivity contribution in [3.05, 3.63) is 35.9 Å². The molecule has 13 atom stereocenters. The van der Waals surface area contributed by atoms with E-state index in [1.807, 2.05) is 5.32 Å². The van der Waals surface area contributed by atoms with E-state index in [2.05, 4.69) is 92.1 Å². The number of aliphatic hydroxyl groups excluding tert-OH is 2. The molecule has 43 heteroatoms. The van der Waals surface area contributed by atoms with E-state index < -0.39 is 225 Å². The Morgan fingerprint density at radius 1 is 0.409 bits per heavy atom. The number of aliphatic imine (C=N–C) groups is 1. The number of carboxylic acids is 2. The Kier molecular flexibility index (Phi) is 50.0. The van der Waals surface area contributed by atoms with Crippen molar-refractivity contribution in [3.63, 3.8) is 0 Å². The van der Waals surface area contributed by atoms with Crippen molar-refractivity contribution >= 4 is 119 Å². The molecule has 0 unspecified atom stereocenters. The molecule has 115 heavy (non-hydrogen) atoms. The van der Waals surface area contributed by atoms with Gasteiger partial charge in [-0.15, -0.1) is 0 Å². The number of amides is 15. The second-order valence-corrected chi connectivity index (χ2v) is 29.1. The molecule has 0 aromatic heterocycles. The zero-order valence-electron chi connectivity index (χ0n) is 66.6.